The Morgan fingerprint density at radius 1 is 1.19 bits per heavy atom. The summed E-state index contributed by atoms with van der Waals surface area (Å²) in [6.45, 7) is 11.8. The van der Waals surface area contributed by atoms with Crippen LogP contribution in [0.1, 0.15) is 24.2 Å². The van der Waals surface area contributed by atoms with E-state index in [0.29, 0.717) is 18.7 Å². The average Bonchev–Trinajstić information content (AvgIpc) is 2.54. The standard InChI is InChI=1S/C18H19BrF3NO3/c1-5-23(6-2)17(24)14-7-9-15(10-8-14)25-13(4)16(11-12(3)19)26-18(20,21)22/h7-11H,3-6H2,1-2H3/b16-11+. The van der Waals surface area contributed by atoms with Gasteiger partial charge in [0.15, 0.2) is 11.5 Å². The van der Waals surface area contributed by atoms with Gasteiger partial charge in [0.05, 0.1) is 0 Å². The summed E-state index contributed by atoms with van der Waals surface area (Å²) >= 11 is 2.93. The Morgan fingerprint density at radius 3 is 2.15 bits per heavy atom. The van der Waals surface area contributed by atoms with Crippen molar-refractivity contribution in [1.82, 2.24) is 4.90 Å². The first-order valence-electron chi connectivity index (χ1n) is 7.65. The number of allylic oxidation sites excluding steroid dienone is 2. The first-order valence-corrected chi connectivity index (χ1v) is 8.45. The Bertz CT molecular complexity index is 693. The van der Waals surface area contributed by atoms with Crippen molar-refractivity contribution in [2.45, 2.75) is 20.2 Å². The van der Waals surface area contributed by atoms with E-state index in [1.165, 1.54) is 24.3 Å². The van der Waals surface area contributed by atoms with Gasteiger partial charge in [-0.1, -0.05) is 29.1 Å². The molecule has 0 aromatic heterocycles. The van der Waals surface area contributed by atoms with Gasteiger partial charge in [0.25, 0.3) is 5.91 Å². The van der Waals surface area contributed by atoms with Gasteiger partial charge < -0.3 is 14.4 Å². The fraction of sp³-hybridized carbons (Fsp3) is 0.278. The molecule has 0 heterocycles. The lowest BCUT2D eigenvalue weighted by atomic mass is 10.2. The van der Waals surface area contributed by atoms with Crippen molar-refractivity contribution in [1.29, 1.82) is 0 Å². The fourth-order valence-corrected chi connectivity index (χ4v) is 2.19. The molecule has 0 fully saturated rings. The third kappa shape index (κ3) is 6.95. The highest BCUT2D eigenvalue weighted by atomic mass is 79.9. The molecule has 1 amide bonds. The number of carbonyl (C=O) groups excluding carboxylic acids is 1. The lowest BCUT2D eigenvalue weighted by Gasteiger charge is -2.19. The number of nitrogens with zero attached hydrogens (tertiary/aromatic N) is 1. The Hall–Kier alpha value is -2.22. The molecule has 0 bridgehead atoms. The molecule has 0 saturated heterocycles. The maximum absolute atomic E-state index is 12.5. The molecule has 0 atom stereocenters. The van der Waals surface area contributed by atoms with Crippen LogP contribution in [-0.4, -0.2) is 30.3 Å². The maximum Gasteiger partial charge on any atom is 0.573 e. The third-order valence-electron chi connectivity index (χ3n) is 3.18. The molecular formula is C18H19BrF3NO3. The van der Waals surface area contributed by atoms with Crippen LogP contribution in [0.25, 0.3) is 0 Å². The van der Waals surface area contributed by atoms with Crippen LogP contribution >= 0.6 is 15.9 Å². The molecule has 142 valence electrons. The van der Waals surface area contributed by atoms with E-state index < -0.39 is 12.1 Å². The van der Waals surface area contributed by atoms with Gasteiger partial charge in [0.2, 0.25) is 0 Å². The average molecular weight is 434 g/mol. The van der Waals surface area contributed by atoms with Crippen molar-refractivity contribution in [3.63, 3.8) is 0 Å². The predicted molar refractivity (Wildman–Crippen MR) is 96.8 cm³/mol. The molecule has 0 aliphatic carbocycles. The summed E-state index contributed by atoms with van der Waals surface area (Å²) in [6.07, 6.45) is -3.91. The number of halogens is 4. The number of rotatable bonds is 8. The number of benzene rings is 1. The molecule has 0 aliphatic heterocycles. The summed E-state index contributed by atoms with van der Waals surface area (Å²) in [4.78, 5) is 13.9. The van der Waals surface area contributed by atoms with Crippen molar-refractivity contribution in [3.8, 4) is 5.75 Å². The molecule has 4 nitrogen and oxygen atoms in total. The second-order valence-electron chi connectivity index (χ2n) is 5.03. The molecule has 0 unspecified atom stereocenters. The SMILES string of the molecule is C=C(Br)/C=C(/OC(F)(F)F)C(=C)Oc1ccc(C(=O)N(CC)CC)cc1. The highest BCUT2D eigenvalue weighted by Gasteiger charge is 2.33. The Labute approximate surface area is 158 Å². The van der Waals surface area contributed by atoms with Gasteiger partial charge in [-0.2, -0.15) is 0 Å². The molecular weight excluding hydrogens is 415 g/mol. The van der Waals surface area contributed by atoms with Crippen molar-refractivity contribution < 1.29 is 27.4 Å². The van der Waals surface area contributed by atoms with E-state index in [1.807, 2.05) is 13.8 Å². The van der Waals surface area contributed by atoms with Crippen LogP contribution in [-0.2, 0) is 4.74 Å². The smallest absolute Gasteiger partial charge is 0.454 e. The van der Waals surface area contributed by atoms with E-state index in [0.717, 1.165) is 6.08 Å². The molecule has 0 spiro atoms. The molecule has 0 N–H and O–H groups in total. The first-order chi connectivity index (χ1) is 12.1. The molecule has 1 aromatic carbocycles. The van der Waals surface area contributed by atoms with Crippen LogP contribution < -0.4 is 4.74 Å². The lowest BCUT2D eigenvalue weighted by molar-refractivity contribution is -0.305. The molecule has 0 saturated carbocycles. The molecule has 26 heavy (non-hydrogen) atoms. The highest BCUT2D eigenvalue weighted by Crippen LogP contribution is 2.27. The largest absolute Gasteiger partial charge is 0.573 e. The second-order valence-corrected chi connectivity index (χ2v) is 6.05. The zero-order valence-electron chi connectivity index (χ0n) is 14.4. The summed E-state index contributed by atoms with van der Waals surface area (Å²) in [5.41, 5.74) is 0.447. The zero-order chi connectivity index (χ0) is 19.9. The summed E-state index contributed by atoms with van der Waals surface area (Å²) in [5, 5.41) is 0. The number of ether oxygens (including phenoxy) is 2. The Kier molecular flexibility index (Phi) is 7.95. The third-order valence-corrected chi connectivity index (χ3v) is 3.41. The van der Waals surface area contributed by atoms with Crippen molar-refractivity contribution >= 4 is 21.8 Å². The Morgan fingerprint density at radius 2 is 1.73 bits per heavy atom. The topological polar surface area (TPSA) is 38.8 Å². The number of alkyl halides is 3. The van der Waals surface area contributed by atoms with Crippen molar-refractivity contribution in [2.24, 2.45) is 0 Å². The van der Waals surface area contributed by atoms with Crippen molar-refractivity contribution in [3.05, 3.63) is 65.1 Å². The van der Waals surface area contributed by atoms with Crippen LogP contribution in [0.5, 0.6) is 5.75 Å². The Balaban J connectivity index is 2.91. The van der Waals surface area contributed by atoms with Gasteiger partial charge in [-0.25, -0.2) is 0 Å². The van der Waals surface area contributed by atoms with Gasteiger partial charge in [0, 0.05) is 23.1 Å². The molecule has 0 radical (unpaired) electrons. The van der Waals surface area contributed by atoms with E-state index in [4.69, 9.17) is 4.74 Å². The van der Waals surface area contributed by atoms with Crippen LogP contribution in [0.15, 0.2) is 59.5 Å². The normalized spacial score (nSPS) is 11.7. The van der Waals surface area contributed by atoms with Crippen LogP contribution in [0.4, 0.5) is 13.2 Å². The predicted octanol–water partition coefficient (Wildman–Crippen LogP) is 5.39. The van der Waals surface area contributed by atoms with E-state index in [-0.39, 0.29) is 21.9 Å². The van der Waals surface area contributed by atoms with Gasteiger partial charge in [-0.3, -0.25) is 4.79 Å². The lowest BCUT2D eigenvalue weighted by Crippen LogP contribution is -2.30. The molecule has 1 rings (SSSR count). The van der Waals surface area contributed by atoms with Crippen LogP contribution in [0, 0.1) is 0 Å². The summed E-state index contributed by atoms with van der Waals surface area (Å²) in [5.74, 6) is -0.923. The summed E-state index contributed by atoms with van der Waals surface area (Å²) in [6, 6.07) is 5.99. The monoisotopic (exact) mass is 433 g/mol. The van der Waals surface area contributed by atoms with E-state index in [9.17, 15) is 18.0 Å². The molecule has 0 aliphatic rings. The van der Waals surface area contributed by atoms with Crippen LogP contribution in [0.2, 0.25) is 0 Å². The van der Waals surface area contributed by atoms with Crippen LogP contribution in [0.3, 0.4) is 0 Å². The number of hydrogen-bond acceptors (Lipinski definition) is 3. The number of carbonyl (C=O) groups is 1. The fourth-order valence-electron chi connectivity index (χ4n) is 1.99. The first kappa shape index (κ1) is 21.8. The second kappa shape index (κ2) is 9.47. The van der Waals surface area contributed by atoms with Gasteiger partial charge in [-0.05, 0) is 44.2 Å². The van der Waals surface area contributed by atoms with Gasteiger partial charge in [-0.15, -0.1) is 13.2 Å². The number of hydrogen-bond donors (Lipinski definition) is 0. The quantitative estimate of drug-likeness (QED) is 0.407. The van der Waals surface area contributed by atoms with Crippen molar-refractivity contribution in [2.75, 3.05) is 13.1 Å². The summed E-state index contributed by atoms with van der Waals surface area (Å²) in [7, 11) is 0. The zero-order valence-corrected chi connectivity index (χ0v) is 16.0. The van der Waals surface area contributed by atoms with E-state index in [1.54, 1.807) is 4.90 Å². The van der Waals surface area contributed by atoms with E-state index >= 15 is 0 Å². The van der Waals surface area contributed by atoms with Gasteiger partial charge in [0.1, 0.15) is 5.75 Å². The molecule has 8 heteroatoms. The summed E-state index contributed by atoms with van der Waals surface area (Å²) < 4.78 is 46.8. The minimum Gasteiger partial charge on any atom is -0.454 e. The van der Waals surface area contributed by atoms with Gasteiger partial charge >= 0.3 is 6.36 Å². The maximum atomic E-state index is 12.5. The number of amides is 1. The minimum absolute atomic E-state index is 0.142. The molecule has 1 aromatic rings. The highest BCUT2D eigenvalue weighted by molar-refractivity contribution is 9.11. The van der Waals surface area contributed by atoms with E-state index in [2.05, 4.69) is 33.8 Å². The minimum atomic E-state index is -4.90.